The lowest BCUT2D eigenvalue weighted by Crippen LogP contribution is -2.46. The summed E-state index contributed by atoms with van der Waals surface area (Å²) >= 11 is 0. The van der Waals surface area contributed by atoms with E-state index in [4.69, 9.17) is 0 Å². The summed E-state index contributed by atoms with van der Waals surface area (Å²) in [6.07, 6.45) is 6.39. The van der Waals surface area contributed by atoms with Crippen LogP contribution in [0.25, 0.3) is 0 Å². The van der Waals surface area contributed by atoms with E-state index in [0.717, 1.165) is 31.9 Å². The lowest BCUT2D eigenvalue weighted by atomic mass is 9.99. The molecule has 2 fully saturated rings. The topological polar surface area (TPSA) is 35.6 Å². The van der Waals surface area contributed by atoms with Gasteiger partial charge in [-0.15, -0.1) is 0 Å². The lowest BCUT2D eigenvalue weighted by molar-refractivity contribution is -0.121. The van der Waals surface area contributed by atoms with Gasteiger partial charge in [0, 0.05) is 31.0 Å². The van der Waals surface area contributed by atoms with Gasteiger partial charge in [-0.1, -0.05) is 6.92 Å². The number of nitrogens with zero attached hydrogens (tertiary/aromatic N) is 2. The van der Waals surface area contributed by atoms with Crippen molar-refractivity contribution in [3.63, 3.8) is 0 Å². The molecule has 0 bridgehead atoms. The van der Waals surface area contributed by atoms with Crippen LogP contribution in [0.5, 0.6) is 0 Å². The predicted molar refractivity (Wildman–Crippen MR) is 101 cm³/mol. The van der Waals surface area contributed by atoms with Gasteiger partial charge in [0.1, 0.15) is 0 Å². The zero-order chi connectivity index (χ0) is 16.9. The van der Waals surface area contributed by atoms with Gasteiger partial charge >= 0.3 is 0 Å². The summed E-state index contributed by atoms with van der Waals surface area (Å²) < 4.78 is 0. The van der Waals surface area contributed by atoms with Crippen molar-refractivity contribution in [2.75, 3.05) is 36.4 Å². The maximum Gasteiger partial charge on any atom is 0.241 e. The second-order valence-electron chi connectivity index (χ2n) is 7.50. The van der Waals surface area contributed by atoms with Crippen LogP contribution in [0, 0.1) is 5.92 Å². The number of carbonyl (C=O) groups excluding carboxylic acids is 1. The predicted octanol–water partition coefficient (Wildman–Crippen LogP) is 3.74. The lowest BCUT2D eigenvalue weighted by Gasteiger charge is -2.34. The van der Waals surface area contributed by atoms with Crippen LogP contribution in [-0.2, 0) is 4.79 Å². The van der Waals surface area contributed by atoms with Crippen molar-refractivity contribution in [2.24, 2.45) is 5.92 Å². The van der Waals surface area contributed by atoms with Crippen molar-refractivity contribution in [1.29, 1.82) is 0 Å². The zero-order valence-corrected chi connectivity index (χ0v) is 15.1. The summed E-state index contributed by atoms with van der Waals surface area (Å²) in [5.74, 6) is 0.799. The van der Waals surface area contributed by atoms with E-state index in [-0.39, 0.29) is 11.9 Å². The molecule has 2 aliphatic rings. The minimum atomic E-state index is -0.0606. The molecule has 1 aromatic carbocycles. The highest BCUT2D eigenvalue weighted by molar-refractivity contribution is 5.94. The molecule has 4 nitrogen and oxygen atoms in total. The summed E-state index contributed by atoms with van der Waals surface area (Å²) in [4.78, 5) is 17.3. The van der Waals surface area contributed by atoms with E-state index in [2.05, 4.69) is 34.2 Å². The van der Waals surface area contributed by atoms with Gasteiger partial charge < -0.3 is 10.2 Å². The van der Waals surface area contributed by atoms with Crippen LogP contribution in [0.4, 0.5) is 11.4 Å². The molecule has 24 heavy (non-hydrogen) atoms. The third-order valence-electron chi connectivity index (χ3n) is 5.47. The van der Waals surface area contributed by atoms with Gasteiger partial charge in [-0.3, -0.25) is 9.69 Å². The molecule has 1 aromatic rings. The first-order valence-electron chi connectivity index (χ1n) is 9.53. The largest absolute Gasteiger partial charge is 0.372 e. The first kappa shape index (κ1) is 17.3. The summed E-state index contributed by atoms with van der Waals surface area (Å²) in [5.41, 5.74) is 2.17. The normalized spacial score (nSPS) is 23.8. The van der Waals surface area contributed by atoms with Crippen molar-refractivity contribution < 1.29 is 4.79 Å². The first-order chi connectivity index (χ1) is 11.6. The van der Waals surface area contributed by atoms with Gasteiger partial charge in [0.2, 0.25) is 5.91 Å². The minimum Gasteiger partial charge on any atom is -0.372 e. The fourth-order valence-corrected chi connectivity index (χ4v) is 3.90. The van der Waals surface area contributed by atoms with Crippen LogP contribution in [0.2, 0.25) is 0 Å². The Morgan fingerprint density at radius 1 is 1.08 bits per heavy atom. The second-order valence-corrected chi connectivity index (χ2v) is 7.50. The summed E-state index contributed by atoms with van der Waals surface area (Å²) in [7, 11) is 0. The van der Waals surface area contributed by atoms with Crippen molar-refractivity contribution >= 4 is 17.3 Å². The monoisotopic (exact) mass is 329 g/mol. The van der Waals surface area contributed by atoms with Crippen LogP contribution >= 0.6 is 0 Å². The molecule has 0 saturated carbocycles. The Bertz CT molecular complexity index is 536. The highest BCUT2D eigenvalue weighted by atomic mass is 16.2. The molecule has 0 spiro atoms. The molecule has 1 N–H and O–H groups in total. The van der Waals surface area contributed by atoms with E-state index in [9.17, 15) is 4.79 Å². The molecule has 0 radical (unpaired) electrons. The molecule has 0 aliphatic carbocycles. The number of amides is 1. The van der Waals surface area contributed by atoms with Gasteiger partial charge in [0.25, 0.3) is 0 Å². The highest BCUT2D eigenvalue weighted by Crippen LogP contribution is 2.22. The van der Waals surface area contributed by atoms with Crippen LogP contribution in [0.15, 0.2) is 24.3 Å². The van der Waals surface area contributed by atoms with E-state index in [1.807, 2.05) is 19.1 Å². The Hall–Kier alpha value is -1.55. The number of carbonyl (C=O) groups is 1. The molecule has 0 unspecified atom stereocenters. The third kappa shape index (κ3) is 4.29. The Labute approximate surface area is 146 Å². The molecular weight excluding hydrogens is 298 g/mol. The zero-order valence-electron chi connectivity index (χ0n) is 15.1. The molecule has 2 atom stereocenters. The number of hydrogen-bond acceptors (Lipinski definition) is 3. The molecule has 132 valence electrons. The quantitative estimate of drug-likeness (QED) is 0.914. The van der Waals surface area contributed by atoms with E-state index >= 15 is 0 Å². The molecule has 2 saturated heterocycles. The number of benzene rings is 1. The van der Waals surface area contributed by atoms with E-state index in [1.54, 1.807) is 0 Å². The van der Waals surface area contributed by atoms with Gasteiger partial charge in [-0.2, -0.15) is 0 Å². The Morgan fingerprint density at radius 2 is 1.79 bits per heavy atom. The second kappa shape index (κ2) is 8.02. The van der Waals surface area contributed by atoms with Crippen LogP contribution < -0.4 is 10.2 Å². The van der Waals surface area contributed by atoms with E-state index in [0.29, 0.717) is 5.92 Å². The summed E-state index contributed by atoms with van der Waals surface area (Å²) in [6, 6.07) is 8.28. The maximum atomic E-state index is 12.5. The average molecular weight is 329 g/mol. The molecule has 1 amide bonds. The number of rotatable bonds is 4. The molecule has 3 rings (SSSR count). The van der Waals surface area contributed by atoms with E-state index in [1.165, 1.54) is 37.8 Å². The maximum absolute atomic E-state index is 12.5. The fraction of sp³-hybridized carbons (Fsp3) is 0.650. The number of nitrogens with one attached hydrogen (secondary N) is 1. The minimum absolute atomic E-state index is 0.0606. The standard InChI is InChI=1S/C20H31N3O/c1-16-7-6-14-23(15-16)17(2)20(24)21-18-8-10-19(11-9-18)22-12-4-3-5-13-22/h8-11,16-17H,3-7,12-15H2,1-2H3,(H,21,24)/t16-,17-/m0/s1. The molecule has 0 aromatic heterocycles. The molecule has 2 heterocycles. The van der Waals surface area contributed by atoms with Crippen molar-refractivity contribution in [3.8, 4) is 0 Å². The van der Waals surface area contributed by atoms with Crippen molar-refractivity contribution in [3.05, 3.63) is 24.3 Å². The number of hydrogen-bond donors (Lipinski definition) is 1. The number of anilines is 2. The van der Waals surface area contributed by atoms with Crippen molar-refractivity contribution in [1.82, 2.24) is 4.90 Å². The highest BCUT2D eigenvalue weighted by Gasteiger charge is 2.25. The van der Waals surface area contributed by atoms with Gasteiger partial charge in [-0.05, 0) is 75.8 Å². The third-order valence-corrected chi connectivity index (χ3v) is 5.47. The van der Waals surface area contributed by atoms with Gasteiger partial charge in [0.05, 0.1) is 6.04 Å². The smallest absolute Gasteiger partial charge is 0.241 e. The Kier molecular flexibility index (Phi) is 5.77. The van der Waals surface area contributed by atoms with E-state index < -0.39 is 0 Å². The molecule has 2 aliphatic heterocycles. The SMILES string of the molecule is C[C@H]1CCCN([C@@H](C)C(=O)Nc2ccc(N3CCCCC3)cc2)C1. The van der Waals surface area contributed by atoms with Crippen LogP contribution in [0.3, 0.4) is 0 Å². The Morgan fingerprint density at radius 3 is 2.46 bits per heavy atom. The van der Waals surface area contributed by atoms with Crippen LogP contribution in [-0.4, -0.2) is 43.0 Å². The first-order valence-corrected chi connectivity index (χ1v) is 9.53. The van der Waals surface area contributed by atoms with Crippen molar-refractivity contribution in [2.45, 2.75) is 52.0 Å². The fourth-order valence-electron chi connectivity index (χ4n) is 3.90. The van der Waals surface area contributed by atoms with Crippen LogP contribution in [0.1, 0.15) is 46.0 Å². The molecule has 4 heteroatoms. The summed E-state index contributed by atoms with van der Waals surface area (Å²) in [6.45, 7) is 8.66. The molecular formula is C20H31N3O. The van der Waals surface area contributed by atoms with Gasteiger partial charge in [-0.25, -0.2) is 0 Å². The average Bonchev–Trinajstić information content (AvgIpc) is 2.62. The Balaban J connectivity index is 1.55. The summed E-state index contributed by atoms with van der Waals surface area (Å²) in [5, 5.41) is 3.08. The van der Waals surface area contributed by atoms with Gasteiger partial charge in [0.15, 0.2) is 0 Å². The number of piperidine rings is 2. The number of likely N-dealkylation sites (tertiary alicyclic amines) is 1.